The fourth-order valence-corrected chi connectivity index (χ4v) is 4.81. The molecule has 0 spiro atoms. The van der Waals surface area contributed by atoms with Gasteiger partial charge in [-0.05, 0) is 31.4 Å². The maximum absolute atomic E-state index is 13.0. The first-order chi connectivity index (χ1) is 15.0. The lowest BCUT2D eigenvalue weighted by atomic mass is 9.90. The molecule has 6 nitrogen and oxygen atoms in total. The number of aromatic nitrogens is 1. The molecule has 1 aromatic heterocycles. The summed E-state index contributed by atoms with van der Waals surface area (Å²) in [6.45, 7) is 2.76. The first kappa shape index (κ1) is 23.3. The van der Waals surface area contributed by atoms with Crippen LogP contribution < -0.4 is 5.32 Å². The topological polar surface area (TPSA) is 85.4 Å². The second-order valence-electron chi connectivity index (χ2n) is 8.13. The number of methoxy groups -OCH3 is 1. The first-order valence-electron chi connectivity index (χ1n) is 10.8. The number of hydrogen-bond donors (Lipinski definition) is 1. The van der Waals surface area contributed by atoms with Crippen molar-refractivity contribution in [2.45, 2.75) is 51.9 Å². The van der Waals surface area contributed by atoms with E-state index in [1.54, 1.807) is 0 Å². The fraction of sp³-hybridized carbons (Fsp3) is 0.500. The highest BCUT2D eigenvalue weighted by Gasteiger charge is 2.26. The van der Waals surface area contributed by atoms with Crippen LogP contribution in [0.2, 0.25) is 0 Å². The predicted molar refractivity (Wildman–Crippen MR) is 121 cm³/mol. The molecule has 0 unspecified atom stereocenters. The molecule has 1 aliphatic rings. The summed E-state index contributed by atoms with van der Waals surface area (Å²) < 4.78 is 4.58. The Morgan fingerprint density at radius 2 is 1.97 bits per heavy atom. The van der Waals surface area contributed by atoms with Gasteiger partial charge < -0.3 is 10.1 Å². The zero-order valence-electron chi connectivity index (χ0n) is 18.2. The number of carbonyl (C=O) groups is 3. The van der Waals surface area contributed by atoms with Crippen molar-refractivity contribution in [2.75, 3.05) is 20.2 Å². The molecule has 1 N–H and O–H groups in total. The van der Waals surface area contributed by atoms with Crippen LogP contribution in [0.5, 0.6) is 0 Å². The van der Waals surface area contributed by atoms with E-state index in [9.17, 15) is 14.4 Å². The number of aryl methyl sites for hydroxylation is 1. The maximum atomic E-state index is 13.0. The lowest BCUT2D eigenvalue weighted by Crippen LogP contribution is -2.25. The molecule has 1 aromatic carbocycles. The minimum absolute atomic E-state index is 0.0639. The van der Waals surface area contributed by atoms with Gasteiger partial charge in [-0.3, -0.25) is 14.4 Å². The Morgan fingerprint density at radius 1 is 1.19 bits per heavy atom. The summed E-state index contributed by atoms with van der Waals surface area (Å²) >= 11 is 1.47. The number of thiazole rings is 1. The predicted octanol–water partition coefficient (Wildman–Crippen LogP) is 3.48. The standard InChI is InChI=1S/C24H30N2O4S/c1-16-7-8-18(21(11-16)24(29)17-5-3-4-6-17)12-20(27)13-22-26-19(15-31-22)9-10-25-14-23(28)30-2/h7-8,11,15,17,25H,3-6,9-10,12-14H2,1-2H3. The third-order valence-corrected chi connectivity index (χ3v) is 6.54. The zero-order chi connectivity index (χ0) is 22.2. The fourth-order valence-electron chi connectivity index (χ4n) is 3.95. The van der Waals surface area contributed by atoms with E-state index in [4.69, 9.17) is 0 Å². The van der Waals surface area contributed by atoms with Crippen LogP contribution in [-0.4, -0.2) is 42.7 Å². The highest BCUT2D eigenvalue weighted by molar-refractivity contribution is 7.09. The number of ether oxygens (including phenoxy) is 1. The molecular formula is C24H30N2O4S. The molecule has 7 heteroatoms. The molecule has 1 aliphatic carbocycles. The summed E-state index contributed by atoms with van der Waals surface area (Å²) in [5.74, 6) is 0.0606. The third-order valence-electron chi connectivity index (χ3n) is 5.65. The van der Waals surface area contributed by atoms with Crippen molar-refractivity contribution in [3.8, 4) is 0 Å². The second kappa shape index (κ2) is 11.3. The summed E-state index contributed by atoms with van der Waals surface area (Å²) in [6, 6.07) is 5.83. The lowest BCUT2D eigenvalue weighted by Gasteiger charge is -2.13. The van der Waals surface area contributed by atoms with Crippen LogP contribution in [0.15, 0.2) is 23.6 Å². The molecule has 1 fully saturated rings. The number of carbonyl (C=O) groups excluding carboxylic acids is 3. The minimum atomic E-state index is -0.300. The minimum Gasteiger partial charge on any atom is -0.468 e. The Hall–Kier alpha value is -2.38. The van der Waals surface area contributed by atoms with Gasteiger partial charge in [0.2, 0.25) is 0 Å². The average molecular weight is 443 g/mol. The summed E-state index contributed by atoms with van der Waals surface area (Å²) in [4.78, 5) is 41.4. The zero-order valence-corrected chi connectivity index (χ0v) is 19.1. The highest BCUT2D eigenvalue weighted by Crippen LogP contribution is 2.29. The lowest BCUT2D eigenvalue weighted by molar-refractivity contribution is -0.139. The number of nitrogens with zero attached hydrogens (tertiary/aromatic N) is 1. The SMILES string of the molecule is COC(=O)CNCCc1csc(CC(=O)Cc2ccc(C)cc2C(=O)C2CCCC2)n1. The van der Waals surface area contributed by atoms with Gasteiger partial charge in [0.15, 0.2) is 5.78 Å². The van der Waals surface area contributed by atoms with Crippen LogP contribution in [0.25, 0.3) is 0 Å². The van der Waals surface area contributed by atoms with Gasteiger partial charge in [0.25, 0.3) is 0 Å². The van der Waals surface area contributed by atoms with Crippen molar-refractivity contribution in [2.24, 2.45) is 5.92 Å². The molecule has 0 atom stereocenters. The number of benzene rings is 1. The summed E-state index contributed by atoms with van der Waals surface area (Å²) in [6.07, 6.45) is 5.34. The quantitative estimate of drug-likeness (QED) is 0.326. The van der Waals surface area contributed by atoms with Crippen molar-refractivity contribution in [3.63, 3.8) is 0 Å². The molecule has 0 amide bonds. The van der Waals surface area contributed by atoms with E-state index in [1.165, 1.54) is 18.4 Å². The van der Waals surface area contributed by atoms with Crippen molar-refractivity contribution in [1.82, 2.24) is 10.3 Å². The molecule has 1 heterocycles. The Bertz CT molecular complexity index is 931. The van der Waals surface area contributed by atoms with Gasteiger partial charge >= 0.3 is 5.97 Å². The number of rotatable bonds is 11. The van der Waals surface area contributed by atoms with Gasteiger partial charge in [-0.2, -0.15) is 0 Å². The highest BCUT2D eigenvalue weighted by atomic mass is 32.1. The Morgan fingerprint density at radius 3 is 2.71 bits per heavy atom. The van der Waals surface area contributed by atoms with Gasteiger partial charge in [-0.25, -0.2) is 4.98 Å². The molecule has 0 saturated heterocycles. The Kier molecular flexibility index (Phi) is 8.49. The number of ketones is 2. The van der Waals surface area contributed by atoms with Gasteiger partial charge in [0.1, 0.15) is 10.8 Å². The Balaban J connectivity index is 1.56. The van der Waals surface area contributed by atoms with E-state index in [0.717, 1.165) is 53.1 Å². The largest absolute Gasteiger partial charge is 0.468 e. The van der Waals surface area contributed by atoms with E-state index in [-0.39, 0.29) is 42.8 Å². The number of nitrogens with one attached hydrogen (secondary N) is 1. The summed E-state index contributed by atoms with van der Waals surface area (Å²) in [5.41, 5.74) is 3.49. The van der Waals surface area contributed by atoms with Crippen LogP contribution in [0.3, 0.4) is 0 Å². The average Bonchev–Trinajstić information content (AvgIpc) is 3.44. The van der Waals surface area contributed by atoms with E-state index in [0.29, 0.717) is 13.0 Å². The molecule has 166 valence electrons. The van der Waals surface area contributed by atoms with Crippen LogP contribution in [-0.2, 0) is 33.6 Å². The molecule has 2 aromatic rings. The molecule has 0 bridgehead atoms. The van der Waals surface area contributed by atoms with E-state index >= 15 is 0 Å². The number of hydrogen-bond acceptors (Lipinski definition) is 7. The maximum Gasteiger partial charge on any atom is 0.319 e. The second-order valence-corrected chi connectivity index (χ2v) is 9.08. The normalized spacial score (nSPS) is 14.0. The molecule has 3 rings (SSSR count). The van der Waals surface area contributed by atoms with E-state index in [2.05, 4.69) is 15.0 Å². The van der Waals surface area contributed by atoms with Gasteiger partial charge in [0, 0.05) is 36.2 Å². The van der Waals surface area contributed by atoms with Crippen molar-refractivity contribution >= 4 is 28.9 Å². The van der Waals surface area contributed by atoms with E-state index in [1.807, 2.05) is 30.5 Å². The van der Waals surface area contributed by atoms with Crippen LogP contribution in [0, 0.1) is 12.8 Å². The number of esters is 1. The van der Waals surface area contributed by atoms with Crippen molar-refractivity contribution in [1.29, 1.82) is 0 Å². The van der Waals surface area contributed by atoms with E-state index < -0.39 is 0 Å². The first-order valence-corrected chi connectivity index (χ1v) is 11.7. The summed E-state index contributed by atoms with van der Waals surface area (Å²) in [7, 11) is 1.36. The number of Topliss-reactive ketones (excluding diaryl/α,β-unsaturated/α-hetero) is 2. The van der Waals surface area contributed by atoms with Crippen LogP contribution >= 0.6 is 11.3 Å². The monoisotopic (exact) mass is 442 g/mol. The molecule has 1 saturated carbocycles. The van der Waals surface area contributed by atoms with Gasteiger partial charge in [-0.1, -0.05) is 30.5 Å². The molecule has 31 heavy (non-hydrogen) atoms. The van der Waals surface area contributed by atoms with Crippen molar-refractivity contribution < 1.29 is 19.1 Å². The summed E-state index contributed by atoms with van der Waals surface area (Å²) in [5, 5.41) is 5.73. The van der Waals surface area contributed by atoms with Crippen LogP contribution in [0.1, 0.15) is 57.9 Å². The molecule has 0 aliphatic heterocycles. The molecule has 0 radical (unpaired) electrons. The smallest absolute Gasteiger partial charge is 0.319 e. The Labute approximate surface area is 187 Å². The third kappa shape index (κ3) is 6.80. The van der Waals surface area contributed by atoms with Gasteiger partial charge in [-0.15, -0.1) is 11.3 Å². The van der Waals surface area contributed by atoms with Crippen molar-refractivity contribution in [3.05, 3.63) is 51.0 Å². The molecular weight excluding hydrogens is 412 g/mol. The van der Waals surface area contributed by atoms with Crippen LogP contribution in [0.4, 0.5) is 0 Å². The van der Waals surface area contributed by atoms with Gasteiger partial charge in [0.05, 0.1) is 25.8 Å².